The Hall–Kier alpha value is -2.57. The topological polar surface area (TPSA) is 83.4 Å². The maximum absolute atomic E-state index is 11.9. The lowest BCUT2D eigenvalue weighted by Crippen LogP contribution is -2.22. The number of hydrogen-bond donors (Lipinski definition) is 3. The zero-order valence-corrected chi connectivity index (χ0v) is 15.1. The van der Waals surface area contributed by atoms with Crippen LogP contribution in [0.2, 0.25) is 5.02 Å². The van der Waals surface area contributed by atoms with Gasteiger partial charge in [-0.25, -0.2) is 5.48 Å². The molecular formula is C19H22ClN3O3. The van der Waals surface area contributed by atoms with Gasteiger partial charge in [0, 0.05) is 41.6 Å². The molecule has 0 aliphatic rings. The van der Waals surface area contributed by atoms with Crippen molar-refractivity contribution >= 4 is 29.5 Å². The van der Waals surface area contributed by atoms with Crippen LogP contribution < -0.4 is 10.8 Å². The standard InChI is InChI=1S/C19H22ClN3O3/c20-15-7-9-17(10-8-15)23-14-4-5-16(23)11-12-18(24)21-13-3-1-2-6-19(25)22-26/h4-5,7-12,14,26H,1-3,6,13H2,(H,21,24)(H,22,25). The quantitative estimate of drug-likeness (QED) is 0.272. The number of hydroxylamine groups is 1. The number of rotatable bonds is 9. The number of benzene rings is 1. The molecule has 3 N–H and O–H groups in total. The number of hydrogen-bond acceptors (Lipinski definition) is 3. The van der Waals surface area contributed by atoms with Crippen LogP contribution in [0, 0.1) is 0 Å². The molecule has 0 saturated carbocycles. The molecule has 26 heavy (non-hydrogen) atoms. The molecule has 0 radical (unpaired) electrons. The van der Waals surface area contributed by atoms with E-state index in [0.717, 1.165) is 24.2 Å². The predicted octanol–water partition coefficient (Wildman–Crippen LogP) is 3.33. The van der Waals surface area contributed by atoms with Crippen LogP contribution in [0.5, 0.6) is 0 Å². The molecular weight excluding hydrogens is 354 g/mol. The Morgan fingerprint density at radius 2 is 1.88 bits per heavy atom. The average molecular weight is 376 g/mol. The summed E-state index contributed by atoms with van der Waals surface area (Å²) < 4.78 is 1.96. The highest BCUT2D eigenvalue weighted by molar-refractivity contribution is 6.30. The lowest BCUT2D eigenvalue weighted by Gasteiger charge is -2.06. The summed E-state index contributed by atoms with van der Waals surface area (Å²) in [6.07, 6.45) is 7.72. The van der Waals surface area contributed by atoms with E-state index in [9.17, 15) is 9.59 Å². The fourth-order valence-corrected chi connectivity index (χ4v) is 2.57. The first-order valence-corrected chi connectivity index (χ1v) is 8.80. The number of amides is 2. The zero-order chi connectivity index (χ0) is 18.8. The van der Waals surface area contributed by atoms with Gasteiger partial charge in [-0.15, -0.1) is 0 Å². The summed E-state index contributed by atoms with van der Waals surface area (Å²) in [7, 11) is 0. The van der Waals surface area contributed by atoms with E-state index in [1.165, 1.54) is 6.08 Å². The Kier molecular flexibility index (Phi) is 7.92. The van der Waals surface area contributed by atoms with Crippen molar-refractivity contribution < 1.29 is 14.8 Å². The number of nitrogens with one attached hydrogen (secondary N) is 2. The molecule has 1 aromatic heterocycles. The molecule has 6 nitrogen and oxygen atoms in total. The normalized spacial score (nSPS) is 10.8. The van der Waals surface area contributed by atoms with Crippen LogP contribution in [0.15, 0.2) is 48.7 Å². The fourth-order valence-electron chi connectivity index (χ4n) is 2.44. The molecule has 0 spiro atoms. The van der Waals surface area contributed by atoms with E-state index in [0.29, 0.717) is 18.0 Å². The summed E-state index contributed by atoms with van der Waals surface area (Å²) in [5.41, 5.74) is 3.45. The third-order valence-corrected chi connectivity index (χ3v) is 4.05. The van der Waals surface area contributed by atoms with Crippen molar-refractivity contribution in [2.24, 2.45) is 0 Å². The van der Waals surface area contributed by atoms with Gasteiger partial charge in [0.2, 0.25) is 11.8 Å². The van der Waals surface area contributed by atoms with E-state index in [-0.39, 0.29) is 18.2 Å². The van der Waals surface area contributed by atoms with Crippen molar-refractivity contribution in [3.8, 4) is 5.69 Å². The third-order valence-electron chi connectivity index (χ3n) is 3.80. The van der Waals surface area contributed by atoms with Crippen LogP contribution in [0.1, 0.15) is 31.4 Å². The zero-order valence-electron chi connectivity index (χ0n) is 14.3. The molecule has 0 aliphatic heterocycles. The minimum absolute atomic E-state index is 0.165. The fraction of sp³-hybridized carbons (Fsp3) is 0.263. The minimum Gasteiger partial charge on any atom is -0.353 e. The summed E-state index contributed by atoms with van der Waals surface area (Å²) in [6, 6.07) is 11.3. The largest absolute Gasteiger partial charge is 0.353 e. The first-order chi connectivity index (χ1) is 12.6. The maximum atomic E-state index is 11.9. The van der Waals surface area contributed by atoms with Gasteiger partial charge < -0.3 is 9.88 Å². The SMILES string of the molecule is O=C(C=Cc1cccn1-c1ccc(Cl)cc1)NCCCCCC(=O)NO. The van der Waals surface area contributed by atoms with Crippen LogP contribution in [-0.2, 0) is 9.59 Å². The van der Waals surface area contributed by atoms with Crippen molar-refractivity contribution in [3.63, 3.8) is 0 Å². The number of carbonyl (C=O) groups is 2. The van der Waals surface area contributed by atoms with E-state index >= 15 is 0 Å². The molecule has 138 valence electrons. The van der Waals surface area contributed by atoms with Gasteiger partial charge in [-0.3, -0.25) is 14.8 Å². The van der Waals surface area contributed by atoms with Gasteiger partial charge in [-0.05, 0) is 55.3 Å². The van der Waals surface area contributed by atoms with Crippen LogP contribution in [0.25, 0.3) is 11.8 Å². The first-order valence-electron chi connectivity index (χ1n) is 8.42. The lowest BCUT2D eigenvalue weighted by atomic mass is 10.2. The second kappa shape index (κ2) is 10.4. The molecule has 0 saturated heterocycles. The molecule has 0 unspecified atom stereocenters. The Labute approximate surface area is 157 Å². The molecule has 0 atom stereocenters. The minimum atomic E-state index is -0.388. The Morgan fingerprint density at radius 1 is 1.12 bits per heavy atom. The molecule has 2 rings (SSSR count). The van der Waals surface area contributed by atoms with E-state index in [1.54, 1.807) is 11.6 Å². The number of halogens is 1. The van der Waals surface area contributed by atoms with Crippen molar-refractivity contribution in [2.75, 3.05) is 6.54 Å². The summed E-state index contributed by atoms with van der Waals surface area (Å²) in [5.74, 6) is -0.553. The van der Waals surface area contributed by atoms with Crippen molar-refractivity contribution in [1.82, 2.24) is 15.4 Å². The Balaban J connectivity index is 1.77. The van der Waals surface area contributed by atoms with Crippen LogP contribution in [0.4, 0.5) is 0 Å². The maximum Gasteiger partial charge on any atom is 0.244 e. The van der Waals surface area contributed by atoms with Gasteiger partial charge in [0.1, 0.15) is 0 Å². The lowest BCUT2D eigenvalue weighted by molar-refractivity contribution is -0.129. The monoisotopic (exact) mass is 375 g/mol. The smallest absolute Gasteiger partial charge is 0.244 e. The van der Waals surface area contributed by atoms with Gasteiger partial charge in [-0.2, -0.15) is 0 Å². The molecule has 2 amide bonds. The molecule has 1 heterocycles. The second-order valence-corrected chi connectivity index (χ2v) is 6.19. The van der Waals surface area contributed by atoms with Crippen molar-refractivity contribution in [1.29, 1.82) is 0 Å². The molecule has 0 fully saturated rings. The van der Waals surface area contributed by atoms with Crippen molar-refractivity contribution in [3.05, 3.63) is 59.4 Å². The number of aromatic nitrogens is 1. The molecule has 1 aromatic carbocycles. The Bertz CT molecular complexity index is 754. The Morgan fingerprint density at radius 3 is 2.62 bits per heavy atom. The third kappa shape index (κ3) is 6.38. The molecule has 2 aromatic rings. The van der Waals surface area contributed by atoms with Gasteiger partial charge in [0.05, 0.1) is 0 Å². The second-order valence-electron chi connectivity index (χ2n) is 5.75. The average Bonchev–Trinajstić information content (AvgIpc) is 3.11. The van der Waals surface area contributed by atoms with Crippen LogP contribution in [-0.4, -0.2) is 28.1 Å². The van der Waals surface area contributed by atoms with Gasteiger partial charge in [-0.1, -0.05) is 18.0 Å². The van der Waals surface area contributed by atoms with E-state index in [1.807, 2.05) is 47.2 Å². The predicted molar refractivity (Wildman–Crippen MR) is 101 cm³/mol. The highest BCUT2D eigenvalue weighted by atomic mass is 35.5. The first kappa shape index (κ1) is 19.8. The van der Waals surface area contributed by atoms with E-state index < -0.39 is 0 Å². The molecule has 7 heteroatoms. The highest BCUT2D eigenvalue weighted by Crippen LogP contribution is 2.17. The number of carbonyl (C=O) groups excluding carboxylic acids is 2. The number of nitrogens with zero attached hydrogens (tertiary/aromatic N) is 1. The molecule has 0 aliphatic carbocycles. The molecule has 0 bridgehead atoms. The van der Waals surface area contributed by atoms with Gasteiger partial charge >= 0.3 is 0 Å². The summed E-state index contributed by atoms with van der Waals surface area (Å²) in [4.78, 5) is 22.7. The highest BCUT2D eigenvalue weighted by Gasteiger charge is 2.02. The van der Waals surface area contributed by atoms with Crippen molar-refractivity contribution in [2.45, 2.75) is 25.7 Å². The van der Waals surface area contributed by atoms with Gasteiger partial charge in [0.25, 0.3) is 0 Å². The number of unbranched alkanes of at least 4 members (excludes halogenated alkanes) is 2. The summed E-state index contributed by atoms with van der Waals surface area (Å²) in [6.45, 7) is 0.544. The van der Waals surface area contributed by atoms with E-state index in [2.05, 4.69) is 5.32 Å². The van der Waals surface area contributed by atoms with E-state index in [4.69, 9.17) is 16.8 Å². The summed E-state index contributed by atoms with van der Waals surface area (Å²) in [5, 5.41) is 11.9. The van der Waals surface area contributed by atoms with Crippen LogP contribution in [0.3, 0.4) is 0 Å². The van der Waals surface area contributed by atoms with Gasteiger partial charge in [0.15, 0.2) is 0 Å². The summed E-state index contributed by atoms with van der Waals surface area (Å²) >= 11 is 5.91. The van der Waals surface area contributed by atoms with Crippen LogP contribution >= 0.6 is 11.6 Å².